The Morgan fingerprint density at radius 2 is 1.80 bits per heavy atom. The average Bonchev–Trinajstić information content (AvgIpc) is 4.08. The van der Waals surface area contributed by atoms with E-state index in [1.165, 1.54) is 21.1 Å². The third-order valence-electron chi connectivity index (χ3n) is 12.5. The zero-order valence-electron chi connectivity index (χ0n) is 34.2. The van der Waals surface area contributed by atoms with Gasteiger partial charge in [-0.1, -0.05) is 26.0 Å². The van der Waals surface area contributed by atoms with Crippen LogP contribution in [0, 0.1) is 17.8 Å². The summed E-state index contributed by atoms with van der Waals surface area (Å²) in [5, 5.41) is 14.2. The Morgan fingerprint density at radius 1 is 1.10 bits per heavy atom. The van der Waals surface area contributed by atoms with Crippen LogP contribution in [0.4, 0.5) is 22.4 Å². The number of benzene rings is 1. The second-order valence-electron chi connectivity index (χ2n) is 17.0. The zero-order chi connectivity index (χ0) is 44.2. The van der Waals surface area contributed by atoms with E-state index in [0.29, 0.717) is 43.2 Å². The van der Waals surface area contributed by atoms with Gasteiger partial charge in [-0.15, -0.1) is 0 Å². The number of hydrogen-bond acceptors (Lipinski definition) is 10. The monoisotopic (exact) mass is 869 g/mol. The molecule has 1 aromatic carbocycles. The number of carbonyl (C=O) groups excluding carboxylic acids is 3. The van der Waals surface area contributed by atoms with Crippen LogP contribution in [0.5, 0.6) is 17.5 Å². The van der Waals surface area contributed by atoms with E-state index < -0.39 is 99.1 Å². The first-order valence-electron chi connectivity index (χ1n) is 19.7. The summed E-state index contributed by atoms with van der Waals surface area (Å²) >= 11 is 0. The highest BCUT2D eigenvalue weighted by Crippen LogP contribution is 2.48. The molecule has 2 aliphatic carbocycles. The van der Waals surface area contributed by atoms with Crippen molar-refractivity contribution in [2.45, 2.75) is 113 Å². The number of ether oxygens (including phenoxy) is 3. The molecule has 0 spiro atoms. The molecule has 3 fully saturated rings. The second kappa shape index (κ2) is 16.2. The summed E-state index contributed by atoms with van der Waals surface area (Å²) in [6, 6.07) is 3.12. The zero-order valence-corrected chi connectivity index (χ0v) is 35.0. The standard InChI is InChI=1S/C40H51F4N5O10S/c1-22-9-7-8-10-25-19-39(25,35(52)47-60(55,56)38(21-41)13-14-38)46-32(50)29-18-27(59-33-28-12-11-26(57-5)16-24(28)17-30(45-33)58-6)20-48(29)34(51)31(23(2)15-22)49(36(53)54)37(3,4)40(42,43)44/h8,10-12,16-17,22-23,25,27,29,31H,7,9,13-15,18-21H2,1-6H3,(H,46,50)(H,47,52)(H,53,54)/b10-8-/t22-,23-,25-,27-,29+,31+,39-/m1/s1. The van der Waals surface area contributed by atoms with Crippen LogP contribution in [0.2, 0.25) is 0 Å². The number of hydrogen-bond donors (Lipinski definition) is 3. The van der Waals surface area contributed by atoms with Crippen molar-refractivity contribution in [1.82, 2.24) is 24.8 Å². The fraction of sp³-hybridized carbons (Fsp3) is 0.625. The van der Waals surface area contributed by atoms with E-state index in [1.54, 1.807) is 36.4 Å². The summed E-state index contributed by atoms with van der Waals surface area (Å²) in [6.45, 7) is 2.99. The van der Waals surface area contributed by atoms with Gasteiger partial charge in [0, 0.05) is 23.8 Å². The number of aromatic nitrogens is 1. The Morgan fingerprint density at radius 3 is 2.40 bits per heavy atom. The Balaban J connectivity index is 1.44. The molecule has 15 nitrogen and oxygen atoms in total. The number of rotatable bonds is 10. The van der Waals surface area contributed by atoms with Crippen molar-refractivity contribution in [1.29, 1.82) is 0 Å². The van der Waals surface area contributed by atoms with Gasteiger partial charge in [-0.2, -0.15) is 18.2 Å². The molecule has 60 heavy (non-hydrogen) atoms. The Bertz CT molecular complexity index is 2160. The summed E-state index contributed by atoms with van der Waals surface area (Å²) in [5.74, 6) is -4.46. The van der Waals surface area contributed by atoms with E-state index in [2.05, 4.69) is 10.3 Å². The molecule has 330 valence electrons. The van der Waals surface area contributed by atoms with Gasteiger partial charge in [-0.25, -0.2) is 17.6 Å². The number of amides is 4. The largest absolute Gasteiger partial charge is 0.497 e. The minimum Gasteiger partial charge on any atom is -0.497 e. The van der Waals surface area contributed by atoms with Gasteiger partial charge in [0.15, 0.2) is 0 Å². The molecule has 2 aromatic rings. The number of alkyl halides is 4. The molecule has 1 saturated heterocycles. The summed E-state index contributed by atoms with van der Waals surface area (Å²) in [4.78, 5) is 62.0. The number of nitrogens with one attached hydrogen (secondary N) is 2. The van der Waals surface area contributed by atoms with Gasteiger partial charge in [0.05, 0.1) is 20.8 Å². The fourth-order valence-electron chi connectivity index (χ4n) is 8.40. The predicted molar refractivity (Wildman–Crippen MR) is 208 cm³/mol. The lowest BCUT2D eigenvalue weighted by Crippen LogP contribution is -2.66. The SMILES string of the molecule is COc1ccc2c(O[C@@H]3C[C@H]4C(=O)N[C@]5(C(=O)NS(=O)(=O)C6(CF)CC6)C[C@H]5/C=C\CC[C@@H](C)C[C@@H](C)[C@H](N(C(=O)O)C(C)(C)C(F)(F)F)C(=O)N4C3)nc(OC)cc2c1. The van der Waals surface area contributed by atoms with E-state index >= 15 is 4.79 Å². The van der Waals surface area contributed by atoms with Gasteiger partial charge in [0.25, 0.3) is 5.91 Å². The van der Waals surface area contributed by atoms with Crippen LogP contribution in [0.1, 0.15) is 72.6 Å². The average molecular weight is 870 g/mol. The van der Waals surface area contributed by atoms with Crippen molar-refractivity contribution >= 4 is 44.6 Å². The molecule has 6 rings (SSSR count). The van der Waals surface area contributed by atoms with Gasteiger partial charge >= 0.3 is 12.3 Å². The molecule has 1 aromatic heterocycles. The topological polar surface area (TPSA) is 194 Å². The smallest absolute Gasteiger partial charge is 0.411 e. The summed E-state index contributed by atoms with van der Waals surface area (Å²) < 4.78 is 102. The summed E-state index contributed by atoms with van der Waals surface area (Å²) in [7, 11) is -1.66. The highest BCUT2D eigenvalue weighted by atomic mass is 32.2. The van der Waals surface area contributed by atoms with Crippen LogP contribution in [0.25, 0.3) is 10.8 Å². The van der Waals surface area contributed by atoms with Crippen molar-refractivity contribution in [2.75, 3.05) is 27.4 Å². The highest BCUT2D eigenvalue weighted by Gasteiger charge is 2.64. The molecule has 4 aliphatic rings. The highest BCUT2D eigenvalue weighted by molar-refractivity contribution is 7.91. The Kier molecular flexibility index (Phi) is 12.1. The Hall–Kier alpha value is -4.88. The molecular weight excluding hydrogens is 819 g/mol. The molecular formula is C40H51F4N5O10S. The lowest BCUT2D eigenvalue weighted by Gasteiger charge is -2.45. The number of fused-ring (bicyclic) bond motifs is 3. The van der Waals surface area contributed by atoms with Gasteiger partial charge < -0.3 is 29.5 Å². The first kappa shape index (κ1) is 44.7. The number of methoxy groups -OCH3 is 2. The maximum atomic E-state index is 15.0. The molecule has 3 N–H and O–H groups in total. The van der Waals surface area contributed by atoms with Crippen LogP contribution < -0.4 is 24.2 Å². The van der Waals surface area contributed by atoms with Crippen molar-refractivity contribution in [3.8, 4) is 17.5 Å². The number of halogens is 4. The molecule has 7 atom stereocenters. The van der Waals surface area contributed by atoms with Crippen molar-refractivity contribution in [3.05, 3.63) is 36.4 Å². The van der Waals surface area contributed by atoms with E-state index in [-0.39, 0.29) is 54.7 Å². The molecule has 20 heteroatoms. The summed E-state index contributed by atoms with van der Waals surface area (Å²) in [5.41, 5.74) is -4.93. The molecule has 0 unspecified atom stereocenters. The van der Waals surface area contributed by atoms with Crippen molar-refractivity contribution in [2.24, 2.45) is 17.8 Å². The van der Waals surface area contributed by atoms with Gasteiger partial charge in [0.1, 0.15) is 46.4 Å². The third-order valence-corrected chi connectivity index (χ3v) is 14.6. The maximum Gasteiger partial charge on any atom is 0.411 e. The van der Waals surface area contributed by atoms with E-state index in [4.69, 9.17) is 14.2 Å². The summed E-state index contributed by atoms with van der Waals surface area (Å²) in [6.07, 6.45) is -4.17. The minimum absolute atomic E-state index is 0.00338. The van der Waals surface area contributed by atoms with Gasteiger partial charge in [0.2, 0.25) is 33.6 Å². The molecule has 3 heterocycles. The van der Waals surface area contributed by atoms with Crippen LogP contribution >= 0.6 is 0 Å². The van der Waals surface area contributed by atoms with Crippen LogP contribution in [0.15, 0.2) is 36.4 Å². The maximum absolute atomic E-state index is 15.0. The van der Waals surface area contributed by atoms with Crippen molar-refractivity contribution < 1.29 is 64.5 Å². The molecule has 0 radical (unpaired) electrons. The van der Waals surface area contributed by atoms with E-state index in [0.717, 1.165) is 4.90 Å². The lowest BCUT2D eigenvalue weighted by molar-refractivity contribution is -0.222. The minimum atomic E-state index is -5.13. The van der Waals surface area contributed by atoms with Crippen LogP contribution in [-0.2, 0) is 24.4 Å². The quantitative estimate of drug-likeness (QED) is 0.212. The van der Waals surface area contributed by atoms with Gasteiger partial charge in [-0.05, 0) is 87.8 Å². The second-order valence-corrected chi connectivity index (χ2v) is 19.1. The van der Waals surface area contributed by atoms with E-state index in [1.807, 2.05) is 11.6 Å². The number of allylic oxidation sites excluding steroid dienone is 1. The third kappa shape index (κ3) is 8.27. The molecule has 2 aliphatic heterocycles. The normalized spacial score (nSPS) is 28.9. The number of sulfonamides is 1. The number of pyridine rings is 1. The van der Waals surface area contributed by atoms with Gasteiger partial charge in [-0.3, -0.25) is 24.0 Å². The number of nitrogens with zero attached hydrogens (tertiary/aromatic N) is 3. The number of carbonyl (C=O) groups is 4. The van der Waals surface area contributed by atoms with Crippen LogP contribution in [0.3, 0.4) is 0 Å². The molecule has 0 bridgehead atoms. The van der Waals surface area contributed by atoms with Crippen molar-refractivity contribution in [3.63, 3.8) is 0 Å². The fourth-order valence-corrected chi connectivity index (χ4v) is 9.82. The predicted octanol–water partition coefficient (Wildman–Crippen LogP) is 5.13. The molecule has 2 saturated carbocycles. The van der Waals surface area contributed by atoms with E-state index in [9.17, 15) is 45.5 Å². The molecule has 4 amide bonds. The first-order chi connectivity index (χ1) is 28.0. The first-order valence-corrected chi connectivity index (χ1v) is 21.2. The van der Waals surface area contributed by atoms with Crippen LogP contribution in [-0.4, -0.2) is 120 Å². The number of carboxylic acid groups (broad SMARTS) is 1. The Labute approximate surface area is 345 Å². The lowest BCUT2D eigenvalue weighted by atomic mass is 9.85.